The highest BCUT2D eigenvalue weighted by molar-refractivity contribution is 5.95. The molecule has 0 saturated carbocycles. The molecule has 0 bridgehead atoms. The van der Waals surface area contributed by atoms with Crippen molar-refractivity contribution in [1.29, 1.82) is 0 Å². The zero-order valence-electron chi connectivity index (χ0n) is 27.1. The van der Waals surface area contributed by atoms with Crippen molar-refractivity contribution in [1.82, 2.24) is 31.6 Å². The highest BCUT2D eigenvalue weighted by atomic mass is 16.4. The molecule has 17 heteroatoms. The summed E-state index contributed by atoms with van der Waals surface area (Å²) in [6.07, 6.45) is -0.137. The summed E-state index contributed by atoms with van der Waals surface area (Å²) in [5.41, 5.74) is 14.3. The van der Waals surface area contributed by atoms with Crippen LogP contribution in [-0.2, 0) is 48.2 Å². The number of para-hydroxylation sites is 1. The number of hydrogen-bond donors (Lipinski definition) is 10. The SMILES string of the molecule is NC(N)=NCCC[C@H](NC(=O)C1Cc2c([nH]c3ccccc23)CN1)C(=O)NCC(=O)N[C@@H](CC(=O)O)C(=O)N[C@@H](Cc1ccccc1)C(=O)O. The van der Waals surface area contributed by atoms with Gasteiger partial charge in [-0.15, -0.1) is 0 Å². The minimum absolute atomic E-state index is 0.0820. The van der Waals surface area contributed by atoms with E-state index in [0.29, 0.717) is 24.9 Å². The van der Waals surface area contributed by atoms with E-state index in [0.717, 1.165) is 22.2 Å². The Morgan fingerprint density at radius 2 is 1.60 bits per heavy atom. The smallest absolute Gasteiger partial charge is 0.326 e. The minimum Gasteiger partial charge on any atom is -0.481 e. The van der Waals surface area contributed by atoms with Crippen LogP contribution in [0.15, 0.2) is 59.6 Å². The van der Waals surface area contributed by atoms with Crippen molar-refractivity contribution in [3.8, 4) is 0 Å². The number of nitrogens with zero attached hydrogens (tertiary/aromatic N) is 1. The van der Waals surface area contributed by atoms with Crippen LogP contribution in [0.5, 0.6) is 0 Å². The van der Waals surface area contributed by atoms with E-state index in [-0.39, 0.29) is 25.3 Å². The second-order valence-corrected chi connectivity index (χ2v) is 11.8. The van der Waals surface area contributed by atoms with Crippen molar-refractivity contribution in [2.75, 3.05) is 13.1 Å². The first kappa shape index (κ1) is 36.9. The first-order valence-electron chi connectivity index (χ1n) is 15.9. The van der Waals surface area contributed by atoms with Crippen molar-refractivity contribution >= 4 is 52.4 Å². The largest absolute Gasteiger partial charge is 0.481 e. The number of nitrogens with two attached hydrogens (primary N) is 2. The third kappa shape index (κ3) is 10.5. The van der Waals surface area contributed by atoms with Gasteiger partial charge in [-0.25, -0.2) is 4.79 Å². The highest BCUT2D eigenvalue weighted by Gasteiger charge is 2.31. The lowest BCUT2D eigenvalue weighted by atomic mass is 9.97. The van der Waals surface area contributed by atoms with Gasteiger partial charge in [0.15, 0.2) is 5.96 Å². The second kappa shape index (κ2) is 17.4. The van der Waals surface area contributed by atoms with E-state index >= 15 is 0 Å². The number of aromatic amines is 1. The number of aliphatic carboxylic acids is 2. The fraction of sp³-hybridized carbons (Fsp3) is 0.364. The number of carboxylic acids is 2. The topological polar surface area (TPSA) is 283 Å². The third-order valence-corrected chi connectivity index (χ3v) is 8.08. The normalized spacial score (nSPS) is 15.4. The number of aromatic nitrogens is 1. The van der Waals surface area contributed by atoms with Gasteiger partial charge in [0.05, 0.1) is 19.0 Å². The molecule has 12 N–H and O–H groups in total. The summed E-state index contributed by atoms with van der Waals surface area (Å²) in [7, 11) is 0. The summed E-state index contributed by atoms with van der Waals surface area (Å²) in [4.78, 5) is 83.0. The van der Waals surface area contributed by atoms with Crippen molar-refractivity contribution in [3.63, 3.8) is 0 Å². The number of aliphatic imine (C=N–C) groups is 1. The molecule has 2 heterocycles. The lowest BCUT2D eigenvalue weighted by Gasteiger charge is -2.26. The van der Waals surface area contributed by atoms with E-state index in [1.807, 2.05) is 24.3 Å². The van der Waals surface area contributed by atoms with Gasteiger partial charge >= 0.3 is 11.9 Å². The van der Waals surface area contributed by atoms with Gasteiger partial charge in [0.25, 0.3) is 0 Å². The number of carboxylic acid groups (broad SMARTS) is 2. The maximum absolute atomic E-state index is 13.4. The van der Waals surface area contributed by atoms with E-state index in [1.54, 1.807) is 30.3 Å². The van der Waals surface area contributed by atoms with Gasteiger partial charge in [-0.3, -0.25) is 34.3 Å². The van der Waals surface area contributed by atoms with E-state index in [1.165, 1.54) is 0 Å². The molecule has 4 amide bonds. The zero-order valence-corrected chi connectivity index (χ0v) is 27.1. The van der Waals surface area contributed by atoms with Crippen LogP contribution < -0.4 is 38.1 Å². The van der Waals surface area contributed by atoms with Gasteiger partial charge in [-0.2, -0.15) is 0 Å². The Kier molecular flexibility index (Phi) is 12.9. The zero-order chi connectivity index (χ0) is 36.2. The van der Waals surface area contributed by atoms with Crippen LogP contribution in [0, 0.1) is 0 Å². The number of hydrogen-bond acceptors (Lipinski definition) is 8. The van der Waals surface area contributed by atoms with E-state index in [4.69, 9.17) is 11.5 Å². The van der Waals surface area contributed by atoms with Gasteiger partial charge in [0, 0.05) is 36.1 Å². The summed E-state index contributed by atoms with van der Waals surface area (Å²) < 4.78 is 0. The fourth-order valence-corrected chi connectivity index (χ4v) is 5.61. The fourth-order valence-electron chi connectivity index (χ4n) is 5.61. The first-order valence-corrected chi connectivity index (χ1v) is 15.9. The van der Waals surface area contributed by atoms with Crippen molar-refractivity contribution in [3.05, 3.63) is 71.4 Å². The van der Waals surface area contributed by atoms with E-state index in [9.17, 15) is 39.0 Å². The Bertz CT molecular complexity index is 1740. The lowest BCUT2D eigenvalue weighted by Crippen LogP contribution is -2.56. The van der Waals surface area contributed by atoms with Crippen LogP contribution in [0.1, 0.15) is 36.1 Å². The molecule has 0 saturated heterocycles. The minimum atomic E-state index is -1.64. The van der Waals surface area contributed by atoms with Crippen LogP contribution in [0.3, 0.4) is 0 Å². The third-order valence-electron chi connectivity index (χ3n) is 8.08. The number of guanidine groups is 1. The van der Waals surface area contributed by atoms with Crippen molar-refractivity contribution < 1.29 is 39.0 Å². The molecule has 1 aliphatic rings. The molecule has 1 aromatic heterocycles. The van der Waals surface area contributed by atoms with E-state index < -0.39 is 72.7 Å². The van der Waals surface area contributed by atoms with Crippen molar-refractivity contribution in [2.45, 2.75) is 62.8 Å². The molecule has 0 aliphatic carbocycles. The molecule has 1 unspecified atom stereocenters. The molecule has 4 rings (SSSR count). The number of H-pyrrole nitrogens is 1. The predicted molar refractivity (Wildman–Crippen MR) is 181 cm³/mol. The molecule has 50 heavy (non-hydrogen) atoms. The lowest BCUT2D eigenvalue weighted by molar-refractivity contribution is -0.143. The average molecular weight is 692 g/mol. The summed E-state index contributed by atoms with van der Waals surface area (Å²) in [6, 6.07) is 11.4. The summed E-state index contributed by atoms with van der Waals surface area (Å²) in [6.45, 7) is -0.0835. The number of fused-ring (bicyclic) bond motifs is 3. The number of nitrogens with one attached hydrogen (secondary N) is 6. The number of amides is 4. The summed E-state index contributed by atoms with van der Waals surface area (Å²) >= 11 is 0. The standard InChI is InChI=1S/C33H41N9O8/c34-33(35)36-12-6-11-22(41-30(47)23-14-20-19-9-4-5-10-21(19)39-26(20)16-37-23)29(46)38-17-27(43)40-24(15-28(44)45)31(48)42-25(32(49)50)13-18-7-2-1-3-8-18/h1-5,7-10,22-25,37,39H,6,11-17H2,(H,38,46)(H,40,43)(H,41,47)(H,42,48)(H,44,45)(H,49,50)(H4,34,35,36)/t22-,23?,24-,25-/m0/s1. The Balaban J connectivity index is 1.37. The number of rotatable bonds is 17. The maximum Gasteiger partial charge on any atom is 0.326 e. The van der Waals surface area contributed by atoms with Gasteiger partial charge in [0.2, 0.25) is 23.6 Å². The second-order valence-electron chi connectivity index (χ2n) is 11.8. The van der Waals surface area contributed by atoms with Gasteiger partial charge in [-0.1, -0.05) is 48.5 Å². The Labute approximate surface area is 286 Å². The average Bonchev–Trinajstić information content (AvgIpc) is 3.46. The highest BCUT2D eigenvalue weighted by Crippen LogP contribution is 2.26. The van der Waals surface area contributed by atoms with Crippen LogP contribution in [0.4, 0.5) is 0 Å². The molecular formula is C33H41N9O8. The molecular weight excluding hydrogens is 650 g/mol. The molecule has 1 aliphatic heterocycles. The van der Waals surface area contributed by atoms with Crippen LogP contribution in [0.25, 0.3) is 10.9 Å². The maximum atomic E-state index is 13.4. The number of benzene rings is 2. The number of carbonyl (C=O) groups excluding carboxylic acids is 4. The van der Waals surface area contributed by atoms with Crippen molar-refractivity contribution in [2.24, 2.45) is 16.5 Å². The Morgan fingerprint density at radius 3 is 2.30 bits per heavy atom. The van der Waals surface area contributed by atoms with Gasteiger partial charge in [-0.05, 0) is 36.5 Å². The Hall–Kier alpha value is -5.97. The molecule has 0 fully saturated rings. The molecule has 0 radical (unpaired) electrons. The van der Waals surface area contributed by atoms with Gasteiger partial charge in [0.1, 0.15) is 18.1 Å². The predicted octanol–water partition coefficient (Wildman–Crippen LogP) is -1.39. The van der Waals surface area contributed by atoms with Crippen LogP contribution in [0.2, 0.25) is 0 Å². The first-order chi connectivity index (χ1) is 23.9. The monoisotopic (exact) mass is 691 g/mol. The van der Waals surface area contributed by atoms with Gasteiger partial charge < -0.3 is 47.9 Å². The molecule has 2 aromatic carbocycles. The molecule has 4 atom stereocenters. The Morgan fingerprint density at radius 1 is 0.880 bits per heavy atom. The summed E-state index contributed by atoms with van der Waals surface area (Å²) in [5, 5.41) is 32.8. The van der Waals surface area contributed by atoms with Crippen LogP contribution in [-0.4, -0.2) is 94.0 Å². The van der Waals surface area contributed by atoms with Crippen LogP contribution >= 0.6 is 0 Å². The summed E-state index contributed by atoms with van der Waals surface area (Å²) in [5.74, 6) is -6.01. The quantitative estimate of drug-likeness (QED) is 0.0447. The molecule has 17 nitrogen and oxygen atoms in total. The molecule has 0 spiro atoms. The number of carbonyl (C=O) groups is 6. The molecule has 3 aromatic rings. The molecule has 266 valence electrons. The van der Waals surface area contributed by atoms with E-state index in [2.05, 4.69) is 36.6 Å².